The molecule has 0 saturated carbocycles. The molecule has 20 heavy (non-hydrogen) atoms. The van der Waals surface area contributed by atoms with Crippen LogP contribution in [0.3, 0.4) is 0 Å². The molecule has 0 fully saturated rings. The number of hydrogen-bond acceptors (Lipinski definition) is 4. The van der Waals surface area contributed by atoms with Crippen molar-refractivity contribution in [3.63, 3.8) is 0 Å². The highest BCUT2D eigenvalue weighted by Gasteiger charge is 2.27. The number of rotatable bonds is 2. The second-order valence-electron chi connectivity index (χ2n) is 4.65. The average Bonchev–Trinajstić information content (AvgIpc) is 2.83. The van der Waals surface area contributed by atoms with Gasteiger partial charge in [-0.1, -0.05) is 29.3 Å². The van der Waals surface area contributed by atoms with Gasteiger partial charge in [0.25, 0.3) is 0 Å². The number of aryl methyl sites for hydroxylation is 1. The zero-order chi connectivity index (χ0) is 14.1. The molecule has 5 heteroatoms. The van der Waals surface area contributed by atoms with Crippen molar-refractivity contribution in [2.45, 2.75) is 12.4 Å². The normalized spacial score (nSPS) is 17.9. The van der Waals surface area contributed by atoms with Crippen LogP contribution in [0.4, 0.5) is 5.69 Å². The van der Waals surface area contributed by atoms with E-state index in [9.17, 15) is 0 Å². The Morgan fingerprint density at radius 2 is 1.75 bits per heavy atom. The molecule has 1 N–H and O–H groups in total. The van der Waals surface area contributed by atoms with E-state index in [0.717, 1.165) is 17.1 Å². The molecular formula is C15H14ClN3S. The van der Waals surface area contributed by atoms with Crippen molar-refractivity contribution in [1.29, 1.82) is 0 Å². The summed E-state index contributed by atoms with van der Waals surface area (Å²) >= 11 is 10.5. The van der Waals surface area contributed by atoms with E-state index in [4.69, 9.17) is 11.6 Å². The fourth-order valence-electron chi connectivity index (χ4n) is 2.12. The number of anilines is 1. The van der Waals surface area contributed by atoms with E-state index in [0.29, 0.717) is 5.02 Å². The molecule has 0 aliphatic carbocycles. The lowest BCUT2D eigenvalue weighted by Crippen LogP contribution is -2.36. The molecule has 3 rings (SSSR count). The Morgan fingerprint density at radius 3 is 2.40 bits per heavy atom. The standard InChI is InChI=1S/C15H14ClN3S/c1-10-2-8-13(9-3-10)19-14(17-18-15(19)20)11-4-6-12(16)7-5-11/h2-9,15,18,20H,1H3. The van der Waals surface area contributed by atoms with Gasteiger partial charge >= 0.3 is 0 Å². The fourth-order valence-corrected chi connectivity index (χ4v) is 2.54. The molecule has 0 radical (unpaired) electrons. The Morgan fingerprint density at radius 1 is 1.10 bits per heavy atom. The molecule has 1 aliphatic heterocycles. The van der Waals surface area contributed by atoms with Gasteiger partial charge in [-0.25, -0.2) is 0 Å². The van der Waals surface area contributed by atoms with Crippen LogP contribution in [0.1, 0.15) is 11.1 Å². The van der Waals surface area contributed by atoms with Crippen LogP contribution in [0.25, 0.3) is 0 Å². The highest BCUT2D eigenvalue weighted by Crippen LogP contribution is 2.25. The van der Waals surface area contributed by atoms with E-state index in [1.165, 1.54) is 5.56 Å². The SMILES string of the molecule is Cc1ccc(N2C(c3ccc(Cl)cc3)=NNC2S)cc1. The van der Waals surface area contributed by atoms with Crippen LogP contribution >= 0.6 is 24.2 Å². The minimum absolute atomic E-state index is 0.177. The summed E-state index contributed by atoms with van der Waals surface area (Å²) < 4.78 is 0. The summed E-state index contributed by atoms with van der Waals surface area (Å²) in [5, 5.41) is 5.08. The van der Waals surface area contributed by atoms with Crippen LogP contribution in [-0.2, 0) is 0 Å². The minimum Gasteiger partial charge on any atom is -0.293 e. The van der Waals surface area contributed by atoms with Gasteiger partial charge in [-0.3, -0.25) is 10.3 Å². The topological polar surface area (TPSA) is 27.6 Å². The van der Waals surface area contributed by atoms with Crippen LogP contribution in [0.2, 0.25) is 5.02 Å². The van der Waals surface area contributed by atoms with Crippen molar-refractivity contribution in [3.05, 3.63) is 64.7 Å². The summed E-state index contributed by atoms with van der Waals surface area (Å²) in [4.78, 5) is 2.05. The number of benzene rings is 2. The van der Waals surface area contributed by atoms with E-state index in [2.05, 4.69) is 54.3 Å². The molecule has 1 aliphatic rings. The molecule has 0 amide bonds. The highest BCUT2D eigenvalue weighted by atomic mass is 35.5. The Kier molecular flexibility index (Phi) is 3.59. The second kappa shape index (κ2) is 5.38. The lowest BCUT2D eigenvalue weighted by molar-refractivity contribution is 0.761. The van der Waals surface area contributed by atoms with Gasteiger partial charge < -0.3 is 0 Å². The zero-order valence-electron chi connectivity index (χ0n) is 10.9. The zero-order valence-corrected chi connectivity index (χ0v) is 12.6. The van der Waals surface area contributed by atoms with Gasteiger partial charge in [0.05, 0.1) is 0 Å². The number of hydrazone groups is 1. The number of hydrogen-bond donors (Lipinski definition) is 2. The van der Waals surface area contributed by atoms with Crippen molar-refractivity contribution in [2.24, 2.45) is 5.10 Å². The fraction of sp³-hybridized carbons (Fsp3) is 0.133. The van der Waals surface area contributed by atoms with Crippen molar-refractivity contribution >= 4 is 35.8 Å². The van der Waals surface area contributed by atoms with Crippen molar-refractivity contribution in [1.82, 2.24) is 5.43 Å². The number of nitrogens with zero attached hydrogens (tertiary/aromatic N) is 2. The maximum atomic E-state index is 5.93. The molecule has 2 aromatic rings. The third kappa shape index (κ3) is 2.49. The molecule has 102 valence electrons. The lowest BCUT2D eigenvalue weighted by atomic mass is 10.1. The largest absolute Gasteiger partial charge is 0.293 e. The first-order valence-electron chi connectivity index (χ1n) is 6.28. The summed E-state index contributed by atoms with van der Waals surface area (Å²) in [6, 6.07) is 15.9. The molecule has 1 heterocycles. The molecule has 0 aromatic heterocycles. The predicted molar refractivity (Wildman–Crippen MR) is 87.6 cm³/mol. The quantitative estimate of drug-likeness (QED) is 0.829. The van der Waals surface area contributed by atoms with Crippen LogP contribution < -0.4 is 10.3 Å². The van der Waals surface area contributed by atoms with E-state index >= 15 is 0 Å². The molecule has 1 unspecified atom stereocenters. The number of amidine groups is 1. The number of thiol groups is 1. The lowest BCUT2D eigenvalue weighted by Gasteiger charge is -2.24. The smallest absolute Gasteiger partial charge is 0.166 e. The predicted octanol–water partition coefficient (Wildman–Crippen LogP) is 3.63. The molecule has 0 saturated heterocycles. The number of nitrogens with one attached hydrogen (secondary N) is 1. The maximum Gasteiger partial charge on any atom is 0.166 e. The summed E-state index contributed by atoms with van der Waals surface area (Å²) in [6.45, 7) is 2.07. The summed E-state index contributed by atoms with van der Waals surface area (Å²) in [5.74, 6) is 0.838. The molecule has 3 nitrogen and oxygen atoms in total. The third-order valence-corrected chi connectivity index (χ3v) is 3.77. The van der Waals surface area contributed by atoms with Crippen LogP contribution in [0, 0.1) is 6.92 Å². The minimum atomic E-state index is -0.177. The first-order valence-corrected chi connectivity index (χ1v) is 7.18. The highest BCUT2D eigenvalue weighted by molar-refractivity contribution is 7.81. The Hall–Kier alpha value is -1.65. The Labute approximate surface area is 128 Å². The van der Waals surface area contributed by atoms with Gasteiger partial charge in [-0.2, -0.15) is 5.10 Å². The van der Waals surface area contributed by atoms with Crippen molar-refractivity contribution in [3.8, 4) is 0 Å². The van der Waals surface area contributed by atoms with Gasteiger partial charge in [0.1, 0.15) is 0 Å². The summed E-state index contributed by atoms with van der Waals surface area (Å²) in [5.41, 5.74) is 6.09. The van der Waals surface area contributed by atoms with Gasteiger partial charge in [-0.05, 0) is 43.3 Å². The van der Waals surface area contributed by atoms with Gasteiger partial charge in [-0.15, -0.1) is 12.6 Å². The monoisotopic (exact) mass is 303 g/mol. The summed E-state index contributed by atoms with van der Waals surface area (Å²) in [6.07, 6.45) is 0. The van der Waals surface area contributed by atoms with Gasteiger partial charge in [0.15, 0.2) is 11.3 Å². The van der Waals surface area contributed by atoms with E-state index in [1.54, 1.807) is 0 Å². The maximum absolute atomic E-state index is 5.93. The van der Waals surface area contributed by atoms with E-state index < -0.39 is 0 Å². The van der Waals surface area contributed by atoms with Crippen LogP contribution in [0.15, 0.2) is 53.6 Å². The Bertz CT molecular complexity index is 637. The molecule has 0 spiro atoms. The number of halogens is 1. The van der Waals surface area contributed by atoms with Crippen molar-refractivity contribution < 1.29 is 0 Å². The molecule has 1 atom stereocenters. The summed E-state index contributed by atoms with van der Waals surface area (Å²) in [7, 11) is 0. The first-order chi connectivity index (χ1) is 9.65. The Balaban J connectivity index is 1.98. The third-order valence-electron chi connectivity index (χ3n) is 3.17. The molecule has 2 aromatic carbocycles. The van der Waals surface area contributed by atoms with Crippen molar-refractivity contribution in [2.75, 3.05) is 4.90 Å². The van der Waals surface area contributed by atoms with E-state index in [1.807, 2.05) is 29.2 Å². The van der Waals surface area contributed by atoms with Gasteiger partial charge in [0, 0.05) is 16.3 Å². The van der Waals surface area contributed by atoms with Crippen LogP contribution in [0.5, 0.6) is 0 Å². The first kappa shape index (κ1) is 13.3. The molecular weight excluding hydrogens is 290 g/mol. The van der Waals surface area contributed by atoms with Crippen LogP contribution in [-0.4, -0.2) is 11.3 Å². The average molecular weight is 304 g/mol. The molecule has 0 bridgehead atoms. The van der Waals surface area contributed by atoms with Gasteiger partial charge in [0.2, 0.25) is 0 Å². The second-order valence-corrected chi connectivity index (χ2v) is 5.58. The van der Waals surface area contributed by atoms with E-state index in [-0.39, 0.29) is 5.50 Å².